The van der Waals surface area contributed by atoms with Gasteiger partial charge in [-0.25, -0.2) is 14.6 Å². The van der Waals surface area contributed by atoms with E-state index in [-0.39, 0.29) is 28.4 Å². The number of anilines is 2. The fourth-order valence-electron chi connectivity index (χ4n) is 5.63. The van der Waals surface area contributed by atoms with Gasteiger partial charge in [0.2, 0.25) is 5.95 Å². The number of hydrogen-bond acceptors (Lipinski definition) is 8. The summed E-state index contributed by atoms with van der Waals surface area (Å²) in [5, 5.41) is 8.83. The number of hydrogen-bond donors (Lipinski definition) is 2. The Morgan fingerprint density at radius 3 is 2.67 bits per heavy atom. The molecule has 5 aromatic rings. The summed E-state index contributed by atoms with van der Waals surface area (Å²) in [6.45, 7) is 5.22. The standard InChI is InChI=1S/C31H31ClN8O2S/c1-18-14-22(19(2)34-24-10-11-26(32)35-28(24)29(41)37-43-4)27-23(15-18)30(42)38(3)31(36-27)39-13-12-25-20(17-39)16-33-40(25)21-8-6-5-7-9-21/h5-11,14-16,19,34H,12-13,17H2,1-4H3,(H,37,41). The topological polar surface area (TPSA) is 110 Å². The van der Waals surface area contributed by atoms with E-state index in [1.807, 2.05) is 67.2 Å². The second kappa shape index (κ2) is 11.7. The first-order chi connectivity index (χ1) is 20.7. The average molecular weight is 615 g/mol. The predicted octanol–water partition coefficient (Wildman–Crippen LogP) is 5.22. The summed E-state index contributed by atoms with van der Waals surface area (Å²) < 4.78 is 6.33. The summed E-state index contributed by atoms with van der Waals surface area (Å²) in [7, 11) is 1.77. The molecular weight excluding hydrogens is 584 g/mol. The van der Waals surface area contributed by atoms with Gasteiger partial charge in [0.15, 0.2) is 5.69 Å². The number of amides is 1. The summed E-state index contributed by atoms with van der Waals surface area (Å²) in [5.41, 5.74) is 6.30. The van der Waals surface area contributed by atoms with Gasteiger partial charge in [0.05, 0.1) is 40.2 Å². The second-order valence-electron chi connectivity index (χ2n) is 10.6. The Kier molecular flexibility index (Phi) is 7.85. The normalized spacial score (nSPS) is 13.6. The zero-order valence-corrected chi connectivity index (χ0v) is 25.8. The van der Waals surface area contributed by atoms with Crippen LogP contribution < -0.4 is 20.5 Å². The molecule has 0 fully saturated rings. The van der Waals surface area contributed by atoms with Crippen molar-refractivity contribution < 1.29 is 4.79 Å². The van der Waals surface area contributed by atoms with E-state index in [4.69, 9.17) is 16.6 Å². The van der Waals surface area contributed by atoms with Crippen molar-refractivity contribution in [1.82, 2.24) is 29.0 Å². The molecule has 12 heteroatoms. The number of halogens is 1. The van der Waals surface area contributed by atoms with Crippen molar-refractivity contribution >= 4 is 52.0 Å². The fraction of sp³-hybridized carbons (Fsp3) is 0.258. The predicted molar refractivity (Wildman–Crippen MR) is 172 cm³/mol. The third kappa shape index (κ3) is 5.46. The maximum atomic E-state index is 13.7. The number of aryl methyl sites for hydroxylation is 1. The van der Waals surface area contributed by atoms with E-state index in [1.54, 1.807) is 30.0 Å². The lowest BCUT2D eigenvalue weighted by molar-refractivity contribution is 0.0980. The Morgan fingerprint density at radius 1 is 1.12 bits per heavy atom. The third-order valence-electron chi connectivity index (χ3n) is 7.66. The summed E-state index contributed by atoms with van der Waals surface area (Å²) in [5.74, 6) is 0.245. The number of carbonyl (C=O) groups is 1. The highest BCUT2D eigenvalue weighted by atomic mass is 35.5. The van der Waals surface area contributed by atoms with Crippen molar-refractivity contribution in [2.24, 2.45) is 7.05 Å². The van der Waals surface area contributed by atoms with E-state index in [1.165, 1.54) is 17.6 Å². The molecule has 3 aromatic heterocycles. The lowest BCUT2D eigenvalue weighted by Crippen LogP contribution is -2.36. The van der Waals surface area contributed by atoms with Crippen molar-refractivity contribution in [1.29, 1.82) is 0 Å². The van der Waals surface area contributed by atoms with E-state index in [0.29, 0.717) is 35.6 Å². The minimum absolute atomic E-state index is 0.115. The van der Waals surface area contributed by atoms with Crippen molar-refractivity contribution in [3.05, 3.63) is 104 Å². The van der Waals surface area contributed by atoms with Gasteiger partial charge in [-0.05, 0) is 49.7 Å². The van der Waals surface area contributed by atoms with Crippen LogP contribution in [0.5, 0.6) is 0 Å². The quantitative estimate of drug-likeness (QED) is 0.190. The van der Waals surface area contributed by atoms with Gasteiger partial charge in [0, 0.05) is 43.9 Å². The number of benzene rings is 2. The molecule has 10 nitrogen and oxygen atoms in total. The number of pyridine rings is 1. The van der Waals surface area contributed by atoms with Crippen molar-refractivity contribution in [3.63, 3.8) is 0 Å². The van der Waals surface area contributed by atoms with E-state index in [0.717, 1.165) is 28.8 Å². The molecule has 0 radical (unpaired) electrons. The van der Waals surface area contributed by atoms with Crippen LogP contribution in [-0.4, -0.2) is 43.0 Å². The van der Waals surface area contributed by atoms with Crippen LogP contribution in [0.1, 0.15) is 45.8 Å². The van der Waals surface area contributed by atoms with Crippen LogP contribution in [-0.2, 0) is 20.0 Å². The molecule has 2 aromatic carbocycles. The number of rotatable bonds is 7. The SMILES string of the molecule is CSNC(=O)c1nc(Cl)ccc1NC(C)c1cc(C)cc2c(=O)n(C)c(N3CCc4c(cnn4-c4ccccc4)C3)nc12. The monoisotopic (exact) mass is 614 g/mol. The molecule has 0 spiro atoms. The molecule has 0 saturated carbocycles. The Balaban J connectivity index is 1.37. The Labute approximate surface area is 258 Å². The van der Waals surface area contributed by atoms with Crippen molar-refractivity contribution in [3.8, 4) is 5.69 Å². The maximum absolute atomic E-state index is 13.7. The summed E-state index contributed by atoms with van der Waals surface area (Å²) in [4.78, 5) is 37.9. The first-order valence-corrected chi connectivity index (χ1v) is 15.5. The summed E-state index contributed by atoms with van der Waals surface area (Å²) in [6.07, 6.45) is 4.43. The van der Waals surface area contributed by atoms with Gasteiger partial charge in [0.25, 0.3) is 11.5 Å². The molecule has 2 N–H and O–H groups in total. The van der Waals surface area contributed by atoms with Crippen molar-refractivity contribution in [2.75, 3.05) is 23.0 Å². The second-order valence-corrected chi connectivity index (χ2v) is 11.6. The molecule has 1 aliphatic heterocycles. The van der Waals surface area contributed by atoms with Gasteiger partial charge in [0.1, 0.15) is 5.15 Å². The zero-order chi connectivity index (χ0) is 30.2. The van der Waals surface area contributed by atoms with Gasteiger partial charge in [-0.3, -0.25) is 18.9 Å². The van der Waals surface area contributed by atoms with Crippen LogP contribution in [0.2, 0.25) is 5.15 Å². The van der Waals surface area contributed by atoms with Gasteiger partial charge >= 0.3 is 0 Å². The lowest BCUT2D eigenvalue weighted by atomic mass is 10.0. The van der Waals surface area contributed by atoms with E-state index in [2.05, 4.69) is 25.0 Å². The highest BCUT2D eigenvalue weighted by molar-refractivity contribution is 7.97. The van der Waals surface area contributed by atoms with Gasteiger partial charge in [-0.15, -0.1) is 0 Å². The van der Waals surface area contributed by atoms with E-state index < -0.39 is 0 Å². The highest BCUT2D eigenvalue weighted by Gasteiger charge is 2.26. The largest absolute Gasteiger partial charge is 0.377 e. The van der Waals surface area contributed by atoms with Crippen LogP contribution in [0.4, 0.5) is 11.6 Å². The molecule has 0 aliphatic carbocycles. The molecule has 1 atom stereocenters. The minimum Gasteiger partial charge on any atom is -0.377 e. The molecule has 0 bridgehead atoms. The number of fused-ring (bicyclic) bond motifs is 2. The first kappa shape index (κ1) is 28.8. The fourth-order valence-corrected chi connectivity index (χ4v) is 6.05. The number of nitrogens with zero attached hydrogens (tertiary/aromatic N) is 6. The number of nitrogens with one attached hydrogen (secondary N) is 2. The molecule has 4 heterocycles. The zero-order valence-electron chi connectivity index (χ0n) is 24.3. The smallest absolute Gasteiger partial charge is 0.281 e. The number of carbonyl (C=O) groups excluding carboxylic acids is 1. The van der Waals surface area contributed by atoms with E-state index in [9.17, 15) is 9.59 Å². The van der Waals surface area contributed by atoms with Gasteiger partial charge < -0.3 is 10.2 Å². The lowest BCUT2D eigenvalue weighted by Gasteiger charge is -2.30. The molecular formula is C31H31ClN8O2S. The highest BCUT2D eigenvalue weighted by Crippen LogP contribution is 2.31. The van der Waals surface area contributed by atoms with Gasteiger partial charge in [-0.2, -0.15) is 5.10 Å². The summed E-state index contributed by atoms with van der Waals surface area (Å²) in [6, 6.07) is 17.1. The molecule has 1 amide bonds. The van der Waals surface area contributed by atoms with Crippen LogP contribution in [0.3, 0.4) is 0 Å². The molecule has 1 aliphatic rings. The molecule has 6 rings (SSSR count). The van der Waals surface area contributed by atoms with Crippen LogP contribution in [0.25, 0.3) is 16.6 Å². The number of para-hydroxylation sites is 1. The number of aromatic nitrogens is 5. The minimum atomic E-state index is -0.354. The molecule has 220 valence electrons. The summed E-state index contributed by atoms with van der Waals surface area (Å²) >= 11 is 7.30. The first-order valence-electron chi connectivity index (χ1n) is 13.9. The Bertz CT molecular complexity index is 1910. The van der Waals surface area contributed by atoms with Crippen LogP contribution in [0, 0.1) is 6.92 Å². The molecule has 43 heavy (non-hydrogen) atoms. The van der Waals surface area contributed by atoms with Crippen LogP contribution in [0.15, 0.2) is 65.6 Å². The van der Waals surface area contributed by atoms with Gasteiger partial charge in [-0.1, -0.05) is 47.8 Å². The molecule has 1 unspecified atom stereocenters. The maximum Gasteiger partial charge on any atom is 0.281 e. The Morgan fingerprint density at radius 2 is 1.91 bits per heavy atom. The van der Waals surface area contributed by atoms with Crippen molar-refractivity contribution in [2.45, 2.75) is 32.9 Å². The Hall–Kier alpha value is -4.35. The third-order valence-corrected chi connectivity index (χ3v) is 8.26. The average Bonchev–Trinajstić information content (AvgIpc) is 3.43. The molecule has 0 saturated heterocycles. The van der Waals surface area contributed by atoms with Crippen LogP contribution >= 0.6 is 23.5 Å². The van der Waals surface area contributed by atoms with E-state index >= 15 is 0 Å².